The summed E-state index contributed by atoms with van der Waals surface area (Å²) in [5, 5.41) is 4.53. The Balaban J connectivity index is 2.91. The van der Waals surface area contributed by atoms with Crippen molar-refractivity contribution < 1.29 is 0 Å². The fourth-order valence-corrected chi connectivity index (χ4v) is 3.17. The molecular weight excluding hydrogens is 278 g/mol. The maximum Gasteiger partial charge on any atom is 0.0766 e. The Morgan fingerprint density at radius 2 is 2.06 bits per heavy atom. The molecule has 1 unspecified atom stereocenters. The molecule has 0 spiro atoms. The van der Waals surface area contributed by atoms with Crippen molar-refractivity contribution in [2.24, 2.45) is 18.2 Å². The summed E-state index contributed by atoms with van der Waals surface area (Å²) in [5.74, 6) is 0. The summed E-state index contributed by atoms with van der Waals surface area (Å²) < 4.78 is 3.16. The number of nitrogens with zero attached hydrogens (tertiary/aromatic N) is 2. The van der Waals surface area contributed by atoms with Crippen molar-refractivity contribution in [1.82, 2.24) is 9.78 Å². The van der Waals surface area contributed by atoms with Gasteiger partial charge in [0.05, 0.1) is 15.9 Å². The molecule has 1 aromatic rings. The quantitative estimate of drug-likeness (QED) is 0.908. The van der Waals surface area contributed by atoms with Crippen molar-refractivity contribution in [1.29, 1.82) is 0 Å². The molecule has 98 valence electrons. The Labute approximate surface area is 113 Å². The van der Waals surface area contributed by atoms with Crippen LogP contribution >= 0.6 is 15.9 Å². The summed E-state index contributed by atoms with van der Waals surface area (Å²) in [7, 11) is 2.02. The van der Waals surface area contributed by atoms with Crippen LogP contribution in [0.15, 0.2) is 4.47 Å². The Kier molecular flexibility index (Phi) is 4.78. The number of halogens is 1. The first-order valence-corrected chi connectivity index (χ1v) is 7.02. The highest BCUT2D eigenvalue weighted by Gasteiger charge is 2.24. The van der Waals surface area contributed by atoms with E-state index in [0.29, 0.717) is 0 Å². The van der Waals surface area contributed by atoms with Crippen molar-refractivity contribution in [2.75, 3.05) is 0 Å². The van der Waals surface area contributed by atoms with Crippen LogP contribution < -0.4 is 5.73 Å². The third-order valence-electron chi connectivity index (χ3n) is 3.02. The molecule has 0 fully saturated rings. The zero-order chi connectivity index (χ0) is 13.2. The third-order valence-corrected chi connectivity index (χ3v) is 3.94. The molecule has 0 aliphatic rings. The van der Waals surface area contributed by atoms with Gasteiger partial charge < -0.3 is 5.73 Å². The van der Waals surface area contributed by atoms with E-state index < -0.39 is 0 Å². The number of hydrogen-bond donors (Lipinski definition) is 1. The molecule has 1 atom stereocenters. The van der Waals surface area contributed by atoms with Crippen molar-refractivity contribution in [3.8, 4) is 0 Å². The van der Waals surface area contributed by atoms with Crippen LogP contribution in [0.1, 0.15) is 45.5 Å². The Hall–Kier alpha value is -0.350. The minimum atomic E-state index is 0.204. The van der Waals surface area contributed by atoms with Crippen molar-refractivity contribution in [2.45, 2.75) is 53.0 Å². The zero-order valence-electron chi connectivity index (χ0n) is 11.5. The molecule has 0 aromatic carbocycles. The molecule has 0 aliphatic heterocycles. The number of aryl methyl sites for hydroxylation is 2. The highest BCUT2D eigenvalue weighted by atomic mass is 79.9. The summed E-state index contributed by atoms with van der Waals surface area (Å²) in [5.41, 5.74) is 8.52. The molecule has 0 aliphatic carbocycles. The number of nitrogens with two attached hydrogens (primary N) is 1. The molecule has 0 bridgehead atoms. The molecule has 0 saturated carbocycles. The second kappa shape index (κ2) is 5.53. The molecule has 0 amide bonds. The van der Waals surface area contributed by atoms with Gasteiger partial charge in [-0.05, 0) is 47.5 Å². The van der Waals surface area contributed by atoms with E-state index in [9.17, 15) is 0 Å². The molecular formula is C13H24BrN3. The van der Waals surface area contributed by atoms with E-state index in [-0.39, 0.29) is 11.5 Å². The van der Waals surface area contributed by atoms with E-state index in [2.05, 4.69) is 48.7 Å². The molecule has 3 nitrogen and oxygen atoms in total. The van der Waals surface area contributed by atoms with Gasteiger partial charge >= 0.3 is 0 Å². The number of rotatable bonds is 5. The number of aromatic nitrogens is 2. The van der Waals surface area contributed by atoms with Crippen molar-refractivity contribution in [3.05, 3.63) is 15.9 Å². The lowest BCUT2D eigenvalue weighted by molar-refractivity contribution is 0.302. The van der Waals surface area contributed by atoms with Gasteiger partial charge in [-0.15, -0.1) is 0 Å². The normalized spacial score (nSPS) is 14.1. The van der Waals surface area contributed by atoms with E-state index in [1.165, 1.54) is 10.2 Å². The monoisotopic (exact) mass is 301 g/mol. The Morgan fingerprint density at radius 1 is 1.47 bits per heavy atom. The highest BCUT2D eigenvalue weighted by Crippen LogP contribution is 2.31. The van der Waals surface area contributed by atoms with Crippen molar-refractivity contribution in [3.63, 3.8) is 0 Å². The van der Waals surface area contributed by atoms with Gasteiger partial charge in [0, 0.05) is 13.1 Å². The zero-order valence-corrected chi connectivity index (χ0v) is 13.1. The van der Waals surface area contributed by atoms with Gasteiger partial charge in [-0.25, -0.2) is 0 Å². The summed E-state index contributed by atoms with van der Waals surface area (Å²) in [6.45, 7) is 8.73. The Bertz CT molecular complexity index is 380. The fraction of sp³-hybridized carbons (Fsp3) is 0.769. The average molecular weight is 302 g/mol. The highest BCUT2D eigenvalue weighted by molar-refractivity contribution is 9.10. The van der Waals surface area contributed by atoms with Crippen LogP contribution in [0.25, 0.3) is 0 Å². The average Bonchev–Trinajstić information content (AvgIpc) is 2.42. The minimum absolute atomic E-state index is 0.204. The van der Waals surface area contributed by atoms with Crippen molar-refractivity contribution >= 4 is 15.9 Å². The summed E-state index contributed by atoms with van der Waals surface area (Å²) >= 11 is 3.67. The standard InChI is InChI=1S/C13H24BrN3/c1-6-10-12(14)11(17(5)16-10)8-13(3,4)7-9(2)15/h9H,6-8,15H2,1-5H3. The van der Waals surface area contributed by atoms with E-state index in [1.54, 1.807) is 0 Å². The maximum absolute atomic E-state index is 5.91. The van der Waals surface area contributed by atoms with Crippen LogP contribution in [0.2, 0.25) is 0 Å². The summed E-state index contributed by atoms with van der Waals surface area (Å²) in [6, 6.07) is 0.239. The first-order chi connectivity index (χ1) is 7.76. The third kappa shape index (κ3) is 3.81. The first kappa shape index (κ1) is 14.7. The van der Waals surface area contributed by atoms with Crippen LogP contribution in [-0.2, 0) is 19.9 Å². The molecule has 1 rings (SSSR count). The molecule has 1 heterocycles. The predicted octanol–water partition coefficient (Wildman–Crippen LogP) is 3.05. The van der Waals surface area contributed by atoms with E-state index in [0.717, 1.165) is 25.0 Å². The van der Waals surface area contributed by atoms with Gasteiger partial charge in [-0.3, -0.25) is 4.68 Å². The molecule has 4 heteroatoms. The first-order valence-electron chi connectivity index (χ1n) is 6.22. The second-order valence-electron chi connectivity index (χ2n) is 5.71. The summed E-state index contributed by atoms with van der Waals surface area (Å²) in [6.07, 6.45) is 2.98. The fourth-order valence-electron chi connectivity index (χ4n) is 2.41. The van der Waals surface area contributed by atoms with E-state index in [1.807, 2.05) is 11.7 Å². The smallest absolute Gasteiger partial charge is 0.0766 e. The van der Waals surface area contributed by atoms with Gasteiger partial charge in [0.25, 0.3) is 0 Å². The van der Waals surface area contributed by atoms with Gasteiger partial charge in [-0.1, -0.05) is 20.8 Å². The SMILES string of the molecule is CCc1nn(C)c(CC(C)(C)CC(C)N)c1Br. The van der Waals surface area contributed by atoms with Crippen LogP contribution in [-0.4, -0.2) is 15.8 Å². The maximum atomic E-state index is 5.91. The van der Waals surface area contributed by atoms with Gasteiger partial charge in [-0.2, -0.15) is 5.10 Å². The second-order valence-corrected chi connectivity index (χ2v) is 6.50. The lowest BCUT2D eigenvalue weighted by Crippen LogP contribution is -2.27. The van der Waals surface area contributed by atoms with Crippen LogP contribution in [0.3, 0.4) is 0 Å². The van der Waals surface area contributed by atoms with Crippen LogP contribution in [0, 0.1) is 5.41 Å². The molecule has 2 N–H and O–H groups in total. The van der Waals surface area contributed by atoms with E-state index >= 15 is 0 Å². The molecule has 17 heavy (non-hydrogen) atoms. The number of hydrogen-bond acceptors (Lipinski definition) is 2. The van der Waals surface area contributed by atoms with E-state index in [4.69, 9.17) is 5.73 Å². The largest absolute Gasteiger partial charge is 0.328 e. The van der Waals surface area contributed by atoms with Gasteiger partial charge in [0.1, 0.15) is 0 Å². The predicted molar refractivity (Wildman–Crippen MR) is 76.0 cm³/mol. The lowest BCUT2D eigenvalue weighted by Gasteiger charge is -2.26. The van der Waals surface area contributed by atoms with Crippen LogP contribution in [0.4, 0.5) is 0 Å². The Morgan fingerprint density at radius 3 is 2.47 bits per heavy atom. The topological polar surface area (TPSA) is 43.8 Å². The molecule has 1 aromatic heterocycles. The summed E-state index contributed by atoms with van der Waals surface area (Å²) in [4.78, 5) is 0. The van der Waals surface area contributed by atoms with Gasteiger partial charge in [0.15, 0.2) is 0 Å². The minimum Gasteiger partial charge on any atom is -0.328 e. The van der Waals surface area contributed by atoms with Gasteiger partial charge in [0.2, 0.25) is 0 Å². The lowest BCUT2D eigenvalue weighted by atomic mass is 9.82. The van der Waals surface area contributed by atoms with Crippen LogP contribution in [0.5, 0.6) is 0 Å². The molecule has 0 saturated heterocycles. The molecule has 0 radical (unpaired) electrons.